The van der Waals surface area contributed by atoms with E-state index in [4.69, 9.17) is 4.74 Å². The molecule has 3 amide bonds. The Hall–Kier alpha value is -3.37. The van der Waals surface area contributed by atoms with Crippen LogP contribution >= 0.6 is 0 Å². The summed E-state index contributed by atoms with van der Waals surface area (Å²) in [6.07, 6.45) is 1.98. The van der Waals surface area contributed by atoms with Crippen molar-refractivity contribution in [3.8, 4) is 0 Å². The van der Waals surface area contributed by atoms with Crippen molar-refractivity contribution >= 4 is 17.7 Å². The number of hydrogen-bond donors (Lipinski definition) is 1. The Morgan fingerprint density at radius 3 is 2.22 bits per heavy atom. The molecule has 4 rings (SSSR count). The molecule has 2 saturated heterocycles. The lowest BCUT2D eigenvalue weighted by Crippen LogP contribution is -2.52. The molecule has 8 nitrogen and oxygen atoms in total. The van der Waals surface area contributed by atoms with Crippen molar-refractivity contribution < 1.29 is 33.0 Å². The molecular weight excluding hydrogens is 580 g/mol. The maximum Gasteiger partial charge on any atom is 0.320 e. The molecule has 2 fully saturated rings. The maximum atomic E-state index is 14.2. The Morgan fingerprint density at radius 2 is 1.58 bits per heavy atom. The van der Waals surface area contributed by atoms with Gasteiger partial charge in [0.25, 0.3) is 5.91 Å². The van der Waals surface area contributed by atoms with Crippen molar-refractivity contribution in [2.75, 3.05) is 52.5 Å². The van der Waals surface area contributed by atoms with Gasteiger partial charge >= 0.3 is 6.03 Å². The second kappa shape index (κ2) is 16.3. The summed E-state index contributed by atoms with van der Waals surface area (Å²) in [6, 6.07) is 8.28. The molecule has 2 aliphatic rings. The van der Waals surface area contributed by atoms with Crippen LogP contribution in [0.2, 0.25) is 0 Å². The summed E-state index contributed by atoms with van der Waals surface area (Å²) in [5.41, 5.74) is 1.91. The molecule has 0 spiro atoms. The van der Waals surface area contributed by atoms with Gasteiger partial charge in [0.2, 0.25) is 0 Å². The van der Waals surface area contributed by atoms with E-state index in [1.807, 2.05) is 20.8 Å². The lowest BCUT2D eigenvalue weighted by Gasteiger charge is -2.40. The second-order valence-electron chi connectivity index (χ2n) is 12.5. The van der Waals surface area contributed by atoms with Crippen LogP contribution in [0.1, 0.15) is 77.8 Å². The van der Waals surface area contributed by atoms with Crippen molar-refractivity contribution in [3.63, 3.8) is 0 Å². The topological polar surface area (TPSA) is 90.4 Å². The number of aryl methyl sites for hydroxylation is 1. The number of ketones is 1. The fourth-order valence-electron chi connectivity index (χ4n) is 6.61. The molecule has 0 bridgehead atoms. The predicted octanol–water partition coefficient (Wildman–Crippen LogP) is 5.49. The summed E-state index contributed by atoms with van der Waals surface area (Å²) in [6.45, 7) is 10.0. The highest BCUT2D eigenvalue weighted by molar-refractivity contribution is 6.01. The van der Waals surface area contributed by atoms with Gasteiger partial charge < -0.3 is 24.5 Å². The van der Waals surface area contributed by atoms with Crippen molar-refractivity contribution in [2.24, 2.45) is 11.8 Å². The largest absolute Gasteiger partial charge is 0.392 e. The lowest BCUT2D eigenvalue weighted by atomic mass is 9.79. The van der Waals surface area contributed by atoms with Crippen LogP contribution in [0.4, 0.5) is 13.6 Å². The molecule has 0 saturated carbocycles. The molecule has 0 unspecified atom stereocenters. The SMILES string of the molecule is CCCN(CCC)C(=O)c1cc(C)cc(C(=O)C[C@@H](Cc2cc(F)cc(F)c2)[C@H](O)[C@@H]2CCCN(C(=O)N3CCOCC3)C2)c1. The minimum atomic E-state index is -1.00. The van der Waals surface area contributed by atoms with E-state index in [2.05, 4.69) is 0 Å². The number of amides is 3. The third kappa shape index (κ3) is 9.33. The number of aliphatic hydroxyl groups is 1. The van der Waals surface area contributed by atoms with Crippen LogP contribution in [-0.4, -0.2) is 96.1 Å². The number of hydrogen-bond acceptors (Lipinski definition) is 5. The second-order valence-corrected chi connectivity index (χ2v) is 12.5. The van der Waals surface area contributed by atoms with Crippen LogP contribution in [0.25, 0.3) is 0 Å². The van der Waals surface area contributed by atoms with Crippen LogP contribution in [0.3, 0.4) is 0 Å². The van der Waals surface area contributed by atoms with Gasteiger partial charge in [-0.25, -0.2) is 13.6 Å². The van der Waals surface area contributed by atoms with Crippen LogP contribution in [0, 0.1) is 30.4 Å². The number of urea groups is 1. The number of rotatable bonds is 12. The van der Waals surface area contributed by atoms with Crippen molar-refractivity contribution in [3.05, 3.63) is 70.3 Å². The molecule has 2 heterocycles. The van der Waals surface area contributed by atoms with Crippen molar-refractivity contribution in [1.82, 2.24) is 14.7 Å². The van der Waals surface area contributed by atoms with Gasteiger partial charge in [-0.2, -0.15) is 0 Å². The number of likely N-dealkylation sites (tertiary alicyclic amines) is 1. The summed E-state index contributed by atoms with van der Waals surface area (Å²) in [4.78, 5) is 45.7. The van der Waals surface area contributed by atoms with Gasteiger partial charge in [0.1, 0.15) is 11.6 Å². The average Bonchev–Trinajstić information content (AvgIpc) is 3.03. The molecule has 0 aromatic heterocycles. The van der Waals surface area contributed by atoms with E-state index in [0.717, 1.165) is 24.5 Å². The first-order valence-corrected chi connectivity index (χ1v) is 16.3. The maximum absolute atomic E-state index is 14.2. The number of piperidine rings is 1. The van der Waals surface area contributed by atoms with E-state index < -0.39 is 23.7 Å². The molecule has 10 heteroatoms. The van der Waals surface area contributed by atoms with Gasteiger partial charge in [0, 0.05) is 68.8 Å². The summed E-state index contributed by atoms with van der Waals surface area (Å²) in [5, 5.41) is 11.8. The zero-order valence-corrected chi connectivity index (χ0v) is 26.8. The van der Waals surface area contributed by atoms with Crippen molar-refractivity contribution in [1.29, 1.82) is 0 Å². The molecule has 45 heavy (non-hydrogen) atoms. The van der Waals surface area contributed by atoms with Crippen molar-refractivity contribution in [2.45, 2.75) is 65.4 Å². The Labute approximate surface area is 265 Å². The van der Waals surface area contributed by atoms with E-state index in [-0.39, 0.29) is 36.5 Å². The number of carbonyl (C=O) groups is 3. The highest BCUT2D eigenvalue weighted by Gasteiger charge is 2.36. The van der Waals surface area contributed by atoms with Gasteiger partial charge in [-0.3, -0.25) is 9.59 Å². The van der Waals surface area contributed by atoms with Crippen LogP contribution in [-0.2, 0) is 11.2 Å². The molecule has 246 valence electrons. The van der Waals surface area contributed by atoms with E-state index in [0.29, 0.717) is 82.0 Å². The first-order chi connectivity index (χ1) is 21.6. The van der Waals surface area contributed by atoms with Gasteiger partial charge in [-0.1, -0.05) is 13.8 Å². The summed E-state index contributed by atoms with van der Waals surface area (Å²) >= 11 is 0. The zero-order chi connectivity index (χ0) is 32.5. The smallest absolute Gasteiger partial charge is 0.320 e. The fourth-order valence-corrected chi connectivity index (χ4v) is 6.61. The number of Topliss-reactive ketones (excluding diaryl/α,β-unsaturated/α-hetero) is 1. The van der Waals surface area contributed by atoms with Gasteiger partial charge in [-0.15, -0.1) is 0 Å². The molecule has 2 aliphatic heterocycles. The fraction of sp³-hybridized carbons (Fsp3) is 0.571. The molecule has 2 aromatic carbocycles. The van der Waals surface area contributed by atoms with Crippen LogP contribution in [0.5, 0.6) is 0 Å². The number of aliphatic hydroxyl groups excluding tert-OH is 1. The standard InChI is InChI=1S/C35H47F2N3O5/c1-4-8-38(9-5-2)34(43)29-16-24(3)15-27(20-29)32(41)21-28(17-25-18-30(36)22-31(37)19-25)33(42)26-7-6-10-40(23-26)35(44)39-11-13-45-14-12-39/h15-16,18-20,22,26,28,33,42H,4-14,17,21,23H2,1-3H3/t26-,28-,33-/m1/s1. The number of benzene rings is 2. The minimum absolute atomic E-state index is 0.0773. The Kier molecular flexibility index (Phi) is 12.5. The molecule has 0 radical (unpaired) electrons. The molecule has 0 aliphatic carbocycles. The molecular formula is C35H47F2N3O5. The molecule has 3 atom stereocenters. The van der Waals surface area contributed by atoms with Gasteiger partial charge in [-0.05, 0) is 86.4 Å². The van der Waals surface area contributed by atoms with Crippen LogP contribution < -0.4 is 0 Å². The quantitative estimate of drug-likeness (QED) is 0.315. The normalized spacial score (nSPS) is 18.4. The number of morpholine rings is 1. The highest BCUT2D eigenvalue weighted by Crippen LogP contribution is 2.30. The van der Waals surface area contributed by atoms with E-state index in [1.165, 1.54) is 12.1 Å². The zero-order valence-electron chi connectivity index (χ0n) is 26.8. The number of ether oxygens (including phenoxy) is 1. The summed E-state index contributed by atoms with van der Waals surface area (Å²) < 4.78 is 33.7. The van der Waals surface area contributed by atoms with Gasteiger partial charge in [0.05, 0.1) is 19.3 Å². The third-order valence-corrected chi connectivity index (χ3v) is 8.76. The Bertz CT molecular complexity index is 1310. The minimum Gasteiger partial charge on any atom is -0.392 e. The lowest BCUT2D eigenvalue weighted by molar-refractivity contribution is 0.00575. The van der Waals surface area contributed by atoms with Gasteiger partial charge in [0.15, 0.2) is 5.78 Å². The Morgan fingerprint density at radius 1 is 0.933 bits per heavy atom. The first-order valence-electron chi connectivity index (χ1n) is 16.3. The summed E-state index contributed by atoms with van der Waals surface area (Å²) in [7, 11) is 0. The Balaban J connectivity index is 1.57. The van der Waals surface area contributed by atoms with E-state index in [1.54, 1.807) is 32.9 Å². The van der Waals surface area contributed by atoms with E-state index >= 15 is 0 Å². The highest BCUT2D eigenvalue weighted by atomic mass is 19.1. The summed E-state index contributed by atoms with van der Waals surface area (Å²) in [5.74, 6) is -2.83. The molecule has 2 aromatic rings. The number of carbonyl (C=O) groups excluding carboxylic acids is 3. The number of halogens is 2. The predicted molar refractivity (Wildman–Crippen MR) is 168 cm³/mol. The number of nitrogens with zero attached hydrogens (tertiary/aromatic N) is 3. The average molecular weight is 628 g/mol. The monoisotopic (exact) mass is 627 g/mol. The molecule has 1 N–H and O–H groups in total. The first kappa shape index (κ1) is 34.5. The van der Waals surface area contributed by atoms with E-state index in [9.17, 15) is 28.3 Å². The van der Waals surface area contributed by atoms with Crippen LogP contribution in [0.15, 0.2) is 36.4 Å². The third-order valence-electron chi connectivity index (χ3n) is 8.76.